The third-order valence-electron chi connectivity index (χ3n) is 8.12. The number of nitrogens with one attached hydrogen (secondary N) is 2. The molecule has 7 nitrogen and oxygen atoms in total. The van der Waals surface area contributed by atoms with Gasteiger partial charge >= 0.3 is 0 Å². The second-order valence-electron chi connectivity index (χ2n) is 10.5. The summed E-state index contributed by atoms with van der Waals surface area (Å²) in [6.45, 7) is 4.19. The standard InChI is InChI=1S/C30H29N3O4/c1-17-14-18(2)26-22(15-17)30(29(37)31-26)25-24(23(32-30)16-20-8-10-21(34)11-9-20)27(35)33(28(25)36)13-12-19-6-4-3-5-7-19/h3-11,14-15,23-25,32,34H,12-13,16H2,1-2H3,(H,31,37)/t23-,24+,25+,30+/m0/s1. The van der Waals surface area contributed by atoms with Crippen LogP contribution in [0.15, 0.2) is 66.7 Å². The number of carbonyl (C=O) groups excluding carboxylic acids is 3. The average molecular weight is 496 g/mol. The monoisotopic (exact) mass is 495 g/mol. The van der Waals surface area contributed by atoms with E-state index in [1.165, 1.54) is 4.90 Å². The van der Waals surface area contributed by atoms with Gasteiger partial charge in [-0.3, -0.25) is 24.6 Å². The number of phenols is 1. The van der Waals surface area contributed by atoms with Crippen molar-refractivity contribution in [2.45, 2.75) is 38.3 Å². The fourth-order valence-corrected chi connectivity index (χ4v) is 6.48. The Morgan fingerprint density at radius 2 is 1.65 bits per heavy atom. The molecule has 0 unspecified atom stereocenters. The predicted octanol–water partition coefficient (Wildman–Crippen LogP) is 3.21. The van der Waals surface area contributed by atoms with Crippen molar-refractivity contribution >= 4 is 23.4 Å². The van der Waals surface area contributed by atoms with Gasteiger partial charge in [0, 0.05) is 23.8 Å². The highest BCUT2D eigenvalue weighted by Gasteiger charge is 2.70. The largest absolute Gasteiger partial charge is 0.508 e. The molecule has 3 amide bonds. The summed E-state index contributed by atoms with van der Waals surface area (Å²) >= 11 is 0. The Bertz CT molecular complexity index is 1420. The number of phenolic OH excluding ortho intramolecular Hbond substituents is 1. The lowest BCUT2D eigenvalue weighted by atomic mass is 9.75. The maximum Gasteiger partial charge on any atom is 0.250 e. The number of anilines is 1. The van der Waals surface area contributed by atoms with E-state index in [-0.39, 0.29) is 30.0 Å². The normalized spacial score (nSPS) is 26.1. The van der Waals surface area contributed by atoms with Gasteiger partial charge in [0.05, 0.1) is 11.8 Å². The molecule has 3 aliphatic rings. The zero-order chi connectivity index (χ0) is 25.9. The van der Waals surface area contributed by atoms with Crippen LogP contribution in [0.2, 0.25) is 0 Å². The minimum atomic E-state index is -1.31. The van der Waals surface area contributed by atoms with Gasteiger partial charge in [-0.1, -0.05) is 60.2 Å². The van der Waals surface area contributed by atoms with E-state index in [0.29, 0.717) is 12.8 Å². The third kappa shape index (κ3) is 3.56. The molecule has 0 saturated carbocycles. The summed E-state index contributed by atoms with van der Waals surface area (Å²) in [5.74, 6) is -2.16. The van der Waals surface area contributed by atoms with Crippen molar-refractivity contribution in [3.63, 3.8) is 0 Å². The molecule has 3 aliphatic heterocycles. The quantitative estimate of drug-likeness (QED) is 0.472. The third-order valence-corrected chi connectivity index (χ3v) is 8.12. The molecule has 0 radical (unpaired) electrons. The fraction of sp³-hybridized carbons (Fsp3) is 0.300. The van der Waals surface area contributed by atoms with Crippen molar-refractivity contribution in [2.75, 3.05) is 11.9 Å². The number of benzene rings is 3. The number of rotatable bonds is 5. The minimum absolute atomic E-state index is 0.159. The second kappa shape index (κ2) is 8.56. The Morgan fingerprint density at radius 1 is 0.919 bits per heavy atom. The van der Waals surface area contributed by atoms with E-state index in [2.05, 4.69) is 10.6 Å². The van der Waals surface area contributed by atoms with Crippen LogP contribution >= 0.6 is 0 Å². The molecule has 0 aromatic heterocycles. The number of carbonyl (C=O) groups is 3. The molecule has 7 heteroatoms. The highest BCUT2D eigenvalue weighted by atomic mass is 16.3. The molecule has 3 aromatic carbocycles. The fourth-order valence-electron chi connectivity index (χ4n) is 6.48. The topological polar surface area (TPSA) is 98.7 Å². The summed E-state index contributed by atoms with van der Waals surface area (Å²) in [7, 11) is 0. The van der Waals surface area contributed by atoms with Crippen molar-refractivity contribution in [3.8, 4) is 5.75 Å². The van der Waals surface area contributed by atoms with Gasteiger partial charge in [0.1, 0.15) is 11.3 Å². The Hall–Kier alpha value is -3.97. The van der Waals surface area contributed by atoms with Gasteiger partial charge in [-0.15, -0.1) is 0 Å². The summed E-state index contributed by atoms with van der Waals surface area (Å²) < 4.78 is 0. The Balaban J connectivity index is 1.42. The van der Waals surface area contributed by atoms with Crippen LogP contribution in [0.4, 0.5) is 5.69 Å². The van der Waals surface area contributed by atoms with E-state index in [4.69, 9.17) is 0 Å². The molecule has 3 aromatic rings. The Kier molecular flexibility index (Phi) is 5.42. The number of hydrogen-bond acceptors (Lipinski definition) is 5. The van der Waals surface area contributed by atoms with Crippen LogP contribution in [0.1, 0.15) is 27.8 Å². The van der Waals surface area contributed by atoms with Crippen molar-refractivity contribution in [1.82, 2.24) is 10.2 Å². The first-order valence-electron chi connectivity index (χ1n) is 12.7. The summed E-state index contributed by atoms with van der Waals surface area (Å²) in [6.07, 6.45) is 1.00. The first-order valence-corrected chi connectivity index (χ1v) is 12.7. The van der Waals surface area contributed by atoms with Crippen LogP contribution in [0.5, 0.6) is 5.75 Å². The van der Waals surface area contributed by atoms with Gasteiger partial charge in [-0.2, -0.15) is 0 Å². The lowest BCUT2D eigenvalue weighted by Crippen LogP contribution is -2.53. The number of fused-ring (bicyclic) bond motifs is 4. The lowest BCUT2D eigenvalue weighted by molar-refractivity contribution is -0.142. The zero-order valence-electron chi connectivity index (χ0n) is 20.8. The Morgan fingerprint density at radius 3 is 2.38 bits per heavy atom. The highest BCUT2D eigenvalue weighted by molar-refractivity contribution is 6.15. The molecular formula is C30H29N3O4. The summed E-state index contributed by atoms with van der Waals surface area (Å²) in [5, 5.41) is 16.2. The number of hydrogen-bond donors (Lipinski definition) is 3. The van der Waals surface area contributed by atoms with Gasteiger partial charge in [-0.05, 0) is 55.5 Å². The lowest BCUT2D eigenvalue weighted by Gasteiger charge is -2.30. The van der Waals surface area contributed by atoms with Gasteiger partial charge < -0.3 is 10.4 Å². The first kappa shape index (κ1) is 23.4. The highest BCUT2D eigenvalue weighted by Crippen LogP contribution is 2.54. The maximum atomic E-state index is 14.0. The van der Waals surface area contributed by atoms with Crippen molar-refractivity contribution in [3.05, 3.63) is 94.5 Å². The Labute approximate surface area is 215 Å². The molecule has 4 atom stereocenters. The molecule has 2 saturated heterocycles. The zero-order valence-corrected chi connectivity index (χ0v) is 20.8. The number of imide groups is 1. The van der Waals surface area contributed by atoms with Crippen LogP contribution in [0.3, 0.4) is 0 Å². The van der Waals surface area contributed by atoms with Crippen molar-refractivity contribution < 1.29 is 19.5 Å². The molecule has 1 spiro atoms. The van der Waals surface area contributed by atoms with Gasteiger partial charge in [0.2, 0.25) is 17.7 Å². The summed E-state index contributed by atoms with van der Waals surface area (Å²) in [5.41, 5.74) is 4.02. The van der Waals surface area contributed by atoms with Crippen LogP contribution in [-0.2, 0) is 32.8 Å². The van der Waals surface area contributed by atoms with E-state index in [1.54, 1.807) is 12.1 Å². The van der Waals surface area contributed by atoms with Gasteiger partial charge in [0.15, 0.2) is 0 Å². The van der Waals surface area contributed by atoms with E-state index in [1.807, 2.05) is 68.4 Å². The smallest absolute Gasteiger partial charge is 0.250 e. The van der Waals surface area contributed by atoms with Crippen LogP contribution in [0, 0.1) is 25.7 Å². The summed E-state index contributed by atoms with van der Waals surface area (Å²) in [4.78, 5) is 43.0. The number of likely N-dealkylation sites (tertiary alicyclic amines) is 1. The minimum Gasteiger partial charge on any atom is -0.508 e. The molecule has 6 rings (SSSR count). The van der Waals surface area contributed by atoms with Gasteiger partial charge in [-0.25, -0.2) is 0 Å². The van der Waals surface area contributed by atoms with Gasteiger partial charge in [0.25, 0.3) is 0 Å². The van der Waals surface area contributed by atoms with E-state index in [9.17, 15) is 19.5 Å². The van der Waals surface area contributed by atoms with E-state index in [0.717, 1.165) is 33.5 Å². The number of amides is 3. The number of nitrogens with zero attached hydrogens (tertiary/aromatic N) is 1. The molecule has 2 fully saturated rings. The second-order valence-corrected chi connectivity index (χ2v) is 10.5. The molecule has 188 valence electrons. The SMILES string of the molecule is Cc1cc(C)c2c(c1)[C@]1(N[C@@H](Cc3ccc(O)cc3)[C@H]3C(=O)N(CCc4ccccc4)C(=O)[C@@H]31)C(=O)N2. The van der Waals surface area contributed by atoms with Crippen LogP contribution < -0.4 is 10.6 Å². The first-order chi connectivity index (χ1) is 17.8. The molecule has 0 bridgehead atoms. The number of aromatic hydroxyl groups is 1. The van der Waals surface area contributed by atoms with E-state index < -0.39 is 23.4 Å². The van der Waals surface area contributed by atoms with Crippen LogP contribution in [-0.4, -0.2) is 40.3 Å². The molecule has 3 heterocycles. The number of aryl methyl sites for hydroxylation is 2. The average Bonchev–Trinajstić information content (AvgIpc) is 3.45. The molecule has 37 heavy (non-hydrogen) atoms. The predicted molar refractivity (Wildman–Crippen MR) is 139 cm³/mol. The molecule has 0 aliphatic carbocycles. The van der Waals surface area contributed by atoms with Crippen molar-refractivity contribution in [1.29, 1.82) is 0 Å². The van der Waals surface area contributed by atoms with Crippen LogP contribution in [0.25, 0.3) is 0 Å². The maximum absolute atomic E-state index is 14.0. The molecule has 3 N–H and O–H groups in total. The summed E-state index contributed by atoms with van der Waals surface area (Å²) in [6, 6.07) is 20.1. The van der Waals surface area contributed by atoms with E-state index >= 15 is 0 Å². The van der Waals surface area contributed by atoms with Crippen molar-refractivity contribution in [2.24, 2.45) is 11.8 Å². The molecular weight excluding hydrogens is 466 g/mol.